The summed E-state index contributed by atoms with van der Waals surface area (Å²) in [4.78, 5) is 42.1. The molecule has 2 aliphatic heterocycles. The van der Waals surface area contributed by atoms with Crippen LogP contribution < -0.4 is 9.80 Å². The summed E-state index contributed by atoms with van der Waals surface area (Å²) in [5, 5.41) is 17.6. The number of ether oxygens (including phenoxy) is 1. The van der Waals surface area contributed by atoms with Crippen LogP contribution in [0.5, 0.6) is 0 Å². The van der Waals surface area contributed by atoms with E-state index in [1.54, 1.807) is 20.7 Å². The third-order valence-electron chi connectivity index (χ3n) is 8.90. The van der Waals surface area contributed by atoms with Crippen molar-refractivity contribution in [1.82, 2.24) is 15.0 Å². The Morgan fingerprint density at radius 2 is 1.75 bits per heavy atom. The fraction of sp³-hybridized carbons (Fsp3) is 0.333. The molecule has 2 N–H and O–H groups in total. The molecule has 0 bridgehead atoms. The zero-order chi connectivity index (χ0) is 31.1. The SMILES string of the molecule is C[C@H]1[C@H]([Si](C)(C)O)[C@@H](CCn2cc(CCO)nn2)O[C@]12C(=O)N(c1ccccc1)c1ccc(N(C=O)c3ccccc3)cc12. The molecule has 4 atom stereocenters. The van der Waals surface area contributed by atoms with E-state index in [9.17, 15) is 19.5 Å². The standard InChI is InChI=1S/C33H37N5O5Si/c1-23-31(44(2,3)42)30(16-18-36-21-24(17-19-39)34-35-36)43-33(23)28-20-27(37(22-40)25-10-6-4-7-11-25)14-15-29(28)38(32(33)41)26-12-8-5-9-13-26/h4-15,20-23,30-31,39,42H,16-19H2,1-3H3/t23-,30+,31-,33+/m0/s1. The number of aliphatic hydroxyl groups excluding tert-OH is 1. The summed E-state index contributed by atoms with van der Waals surface area (Å²) in [6.07, 6.45) is 3.07. The molecule has 0 unspecified atom stereocenters. The van der Waals surface area contributed by atoms with Crippen molar-refractivity contribution in [3.8, 4) is 0 Å². The van der Waals surface area contributed by atoms with Gasteiger partial charge in [0.05, 0.1) is 17.5 Å². The zero-order valence-corrected chi connectivity index (χ0v) is 26.1. The van der Waals surface area contributed by atoms with Crippen molar-refractivity contribution in [3.05, 3.63) is 96.3 Å². The van der Waals surface area contributed by atoms with Crippen LogP contribution in [0.25, 0.3) is 0 Å². The molecular weight excluding hydrogens is 574 g/mol. The molecule has 0 saturated carbocycles. The van der Waals surface area contributed by atoms with E-state index in [4.69, 9.17) is 4.74 Å². The summed E-state index contributed by atoms with van der Waals surface area (Å²) in [5.74, 6) is -0.575. The molecule has 44 heavy (non-hydrogen) atoms. The van der Waals surface area contributed by atoms with Gasteiger partial charge in [-0.3, -0.25) is 24.1 Å². The predicted molar refractivity (Wildman–Crippen MR) is 169 cm³/mol. The molecule has 0 aliphatic carbocycles. The van der Waals surface area contributed by atoms with Crippen molar-refractivity contribution in [1.29, 1.82) is 0 Å². The quantitative estimate of drug-likeness (QED) is 0.197. The summed E-state index contributed by atoms with van der Waals surface area (Å²) in [5.41, 5.74) is 2.45. The van der Waals surface area contributed by atoms with Crippen molar-refractivity contribution in [2.45, 2.75) is 56.7 Å². The zero-order valence-electron chi connectivity index (χ0n) is 25.1. The number of aliphatic hydroxyl groups is 1. The van der Waals surface area contributed by atoms with Gasteiger partial charge < -0.3 is 14.6 Å². The summed E-state index contributed by atoms with van der Waals surface area (Å²) >= 11 is 0. The maximum atomic E-state index is 14.8. The first-order chi connectivity index (χ1) is 21.2. The molecule has 1 spiro atoms. The molecule has 10 nitrogen and oxygen atoms in total. The second kappa shape index (κ2) is 11.7. The van der Waals surface area contributed by atoms with E-state index in [0.29, 0.717) is 53.4 Å². The van der Waals surface area contributed by atoms with Crippen molar-refractivity contribution in [2.75, 3.05) is 16.4 Å². The lowest BCUT2D eigenvalue weighted by Crippen LogP contribution is -2.45. The number of carbonyl (C=O) groups is 2. The van der Waals surface area contributed by atoms with E-state index in [-0.39, 0.29) is 24.0 Å². The Morgan fingerprint density at radius 1 is 1.05 bits per heavy atom. The molecular formula is C33H37N5O5Si. The Morgan fingerprint density at radius 3 is 2.41 bits per heavy atom. The minimum Gasteiger partial charge on any atom is -0.432 e. The highest BCUT2D eigenvalue weighted by molar-refractivity contribution is 6.71. The third kappa shape index (κ3) is 5.05. The number of carbonyl (C=O) groups excluding carboxylic acids is 2. The molecule has 11 heteroatoms. The van der Waals surface area contributed by atoms with E-state index in [0.717, 1.165) is 6.41 Å². The lowest BCUT2D eigenvalue weighted by Gasteiger charge is -2.32. The summed E-state index contributed by atoms with van der Waals surface area (Å²) in [6, 6.07) is 24.4. The van der Waals surface area contributed by atoms with Crippen molar-refractivity contribution in [2.24, 2.45) is 5.92 Å². The second-order valence-corrected chi connectivity index (χ2v) is 16.1. The lowest BCUT2D eigenvalue weighted by atomic mass is 9.82. The minimum absolute atomic E-state index is 0.00985. The van der Waals surface area contributed by atoms with Gasteiger partial charge >= 0.3 is 0 Å². The molecule has 0 radical (unpaired) electrons. The molecule has 1 aromatic heterocycles. The van der Waals surface area contributed by atoms with Crippen LogP contribution >= 0.6 is 0 Å². The molecule has 3 heterocycles. The summed E-state index contributed by atoms with van der Waals surface area (Å²) < 4.78 is 8.69. The van der Waals surface area contributed by atoms with Gasteiger partial charge in [0.15, 0.2) is 13.9 Å². The summed E-state index contributed by atoms with van der Waals surface area (Å²) in [6.45, 7) is 6.26. The average Bonchev–Trinajstić information content (AvgIpc) is 3.66. The number of hydrogen-bond acceptors (Lipinski definition) is 7. The van der Waals surface area contributed by atoms with Crippen LogP contribution in [0.15, 0.2) is 85.1 Å². The molecule has 2 amide bonds. The van der Waals surface area contributed by atoms with Crippen LogP contribution in [0.1, 0.15) is 24.6 Å². The lowest BCUT2D eigenvalue weighted by molar-refractivity contribution is -0.145. The minimum atomic E-state index is -2.88. The van der Waals surface area contributed by atoms with Gasteiger partial charge in [0.1, 0.15) is 0 Å². The monoisotopic (exact) mass is 611 g/mol. The van der Waals surface area contributed by atoms with Gasteiger partial charge in [-0.25, -0.2) is 0 Å². The molecule has 3 aromatic carbocycles. The Labute approximate surface area is 257 Å². The number of hydrogen-bond donors (Lipinski definition) is 2. The van der Waals surface area contributed by atoms with E-state index in [1.807, 2.05) is 98.9 Å². The number of anilines is 4. The first-order valence-electron chi connectivity index (χ1n) is 14.9. The van der Waals surface area contributed by atoms with Gasteiger partial charge in [0.25, 0.3) is 5.91 Å². The van der Waals surface area contributed by atoms with E-state index in [1.165, 1.54) is 0 Å². The van der Waals surface area contributed by atoms with Gasteiger partial charge in [-0.2, -0.15) is 0 Å². The van der Waals surface area contributed by atoms with Crippen LogP contribution in [0.2, 0.25) is 18.6 Å². The first-order valence-corrected chi connectivity index (χ1v) is 17.9. The highest BCUT2D eigenvalue weighted by Gasteiger charge is 2.66. The Hall–Kier alpha value is -4.16. The molecule has 1 fully saturated rings. The van der Waals surface area contributed by atoms with E-state index >= 15 is 0 Å². The van der Waals surface area contributed by atoms with Gasteiger partial charge in [0.2, 0.25) is 6.41 Å². The number of benzene rings is 3. The van der Waals surface area contributed by atoms with E-state index < -0.39 is 20.0 Å². The number of rotatable bonds is 10. The fourth-order valence-electron chi connectivity index (χ4n) is 7.04. The van der Waals surface area contributed by atoms with Crippen LogP contribution in [-0.4, -0.2) is 58.2 Å². The fourth-order valence-corrected chi connectivity index (χ4v) is 9.64. The van der Waals surface area contributed by atoms with Crippen molar-refractivity contribution >= 4 is 43.4 Å². The van der Waals surface area contributed by atoms with Crippen LogP contribution in [0, 0.1) is 5.92 Å². The van der Waals surface area contributed by atoms with Crippen LogP contribution in [0.4, 0.5) is 22.7 Å². The maximum Gasteiger partial charge on any atom is 0.268 e. The Bertz CT molecular complexity index is 1640. The van der Waals surface area contributed by atoms with E-state index in [2.05, 4.69) is 10.3 Å². The first kappa shape index (κ1) is 29.9. The molecule has 228 valence electrons. The third-order valence-corrected chi connectivity index (χ3v) is 11.4. The normalized spacial score (nSPS) is 22.9. The highest BCUT2D eigenvalue weighted by atomic mass is 28.4. The second-order valence-electron chi connectivity index (χ2n) is 12.1. The average molecular weight is 612 g/mol. The predicted octanol–water partition coefficient (Wildman–Crippen LogP) is 4.67. The molecule has 2 aliphatic rings. The highest BCUT2D eigenvalue weighted by Crippen LogP contribution is 2.61. The number of nitrogens with zero attached hydrogens (tertiary/aromatic N) is 5. The smallest absolute Gasteiger partial charge is 0.268 e. The largest absolute Gasteiger partial charge is 0.432 e. The topological polar surface area (TPSA) is 121 Å². The number of aromatic nitrogens is 3. The Kier molecular flexibility index (Phi) is 7.97. The summed E-state index contributed by atoms with van der Waals surface area (Å²) in [7, 11) is -2.88. The number of amides is 2. The van der Waals surface area contributed by atoms with Crippen molar-refractivity contribution < 1.29 is 24.2 Å². The van der Waals surface area contributed by atoms with Crippen molar-refractivity contribution in [3.63, 3.8) is 0 Å². The molecule has 4 aromatic rings. The van der Waals surface area contributed by atoms with Crippen LogP contribution in [-0.2, 0) is 32.9 Å². The molecule has 6 rings (SSSR count). The van der Waals surface area contributed by atoms with Crippen LogP contribution in [0.3, 0.4) is 0 Å². The molecule has 1 saturated heterocycles. The number of fused-ring (bicyclic) bond motifs is 2. The Balaban J connectivity index is 1.45. The maximum absolute atomic E-state index is 14.8. The number of aryl methyl sites for hydroxylation is 1. The number of para-hydroxylation sites is 2. The van der Waals surface area contributed by atoms with Gasteiger partial charge in [-0.1, -0.05) is 48.5 Å². The van der Waals surface area contributed by atoms with Gasteiger partial charge in [-0.05, 0) is 62.0 Å². The van der Waals surface area contributed by atoms with Gasteiger partial charge in [0, 0.05) is 59.9 Å². The van der Waals surface area contributed by atoms with Gasteiger partial charge in [-0.15, -0.1) is 5.10 Å².